The highest BCUT2D eigenvalue weighted by Gasteiger charge is 2.29. The van der Waals surface area contributed by atoms with Crippen molar-refractivity contribution >= 4 is 16.5 Å². The lowest BCUT2D eigenvalue weighted by atomic mass is 9.88. The zero-order valence-corrected chi connectivity index (χ0v) is 11.6. The van der Waals surface area contributed by atoms with Crippen LogP contribution in [0.1, 0.15) is 25.3 Å². The van der Waals surface area contributed by atoms with Crippen LogP contribution in [0.25, 0.3) is 10.8 Å². The minimum absolute atomic E-state index is 0.405. The first-order valence-electron chi connectivity index (χ1n) is 7.11. The van der Waals surface area contributed by atoms with Crippen molar-refractivity contribution in [2.45, 2.75) is 31.9 Å². The fourth-order valence-corrected chi connectivity index (χ4v) is 2.80. The van der Waals surface area contributed by atoms with Crippen LogP contribution in [0.15, 0.2) is 36.4 Å². The van der Waals surface area contributed by atoms with E-state index in [4.69, 9.17) is 4.74 Å². The van der Waals surface area contributed by atoms with Crippen LogP contribution in [0.5, 0.6) is 0 Å². The van der Waals surface area contributed by atoms with Crippen LogP contribution in [0.2, 0.25) is 0 Å². The van der Waals surface area contributed by atoms with E-state index in [1.54, 1.807) is 0 Å². The molecular weight excluding hydrogens is 248 g/mol. The average Bonchev–Trinajstić information content (AvgIpc) is 2.45. The summed E-state index contributed by atoms with van der Waals surface area (Å²) >= 11 is 0. The first-order valence-corrected chi connectivity index (χ1v) is 7.11. The van der Waals surface area contributed by atoms with Gasteiger partial charge in [0.1, 0.15) is 0 Å². The third-order valence-electron chi connectivity index (χ3n) is 3.90. The van der Waals surface area contributed by atoms with Crippen LogP contribution < -0.4 is 5.32 Å². The van der Waals surface area contributed by atoms with Gasteiger partial charge in [-0.3, -0.25) is 0 Å². The van der Waals surface area contributed by atoms with E-state index in [0.717, 1.165) is 41.5 Å². The number of anilines is 1. The Morgan fingerprint density at radius 2 is 1.95 bits per heavy atom. The maximum Gasteiger partial charge on any atom is 0.0998 e. The summed E-state index contributed by atoms with van der Waals surface area (Å²) in [5.74, 6) is 0. The molecule has 3 rings (SSSR count). The summed E-state index contributed by atoms with van der Waals surface area (Å²) in [6.45, 7) is 2.83. The van der Waals surface area contributed by atoms with E-state index in [1.165, 1.54) is 0 Å². The van der Waals surface area contributed by atoms with Crippen molar-refractivity contribution in [2.24, 2.45) is 0 Å². The first kappa shape index (κ1) is 13.0. The van der Waals surface area contributed by atoms with Gasteiger partial charge in [-0.1, -0.05) is 24.3 Å². The van der Waals surface area contributed by atoms with Gasteiger partial charge in [0.25, 0.3) is 0 Å². The molecule has 3 nitrogen and oxygen atoms in total. The van der Waals surface area contributed by atoms with Gasteiger partial charge >= 0.3 is 0 Å². The summed E-state index contributed by atoms with van der Waals surface area (Å²) in [7, 11) is 0. The molecule has 3 heteroatoms. The standard InChI is InChI=1S/C17H18N2O/c1-2-20-14-9-13(10-14)19-17-8-7-12(11-18)15-5-3-4-6-16(15)17/h3-8,13-14,19H,2,9-10H2,1H3. The first-order chi connectivity index (χ1) is 9.81. The summed E-state index contributed by atoms with van der Waals surface area (Å²) in [6, 6.07) is 14.7. The predicted octanol–water partition coefficient (Wildman–Crippen LogP) is 3.69. The average molecular weight is 266 g/mol. The highest BCUT2D eigenvalue weighted by atomic mass is 16.5. The Labute approximate surface area is 119 Å². The minimum atomic E-state index is 0.405. The van der Waals surface area contributed by atoms with Crippen LogP contribution in [-0.2, 0) is 4.74 Å². The quantitative estimate of drug-likeness (QED) is 0.918. The molecule has 1 saturated carbocycles. The van der Waals surface area contributed by atoms with Crippen LogP contribution in [0.4, 0.5) is 5.69 Å². The molecule has 1 aliphatic rings. The van der Waals surface area contributed by atoms with E-state index in [9.17, 15) is 5.26 Å². The second-order valence-electron chi connectivity index (χ2n) is 5.21. The summed E-state index contributed by atoms with van der Waals surface area (Å²) in [5.41, 5.74) is 1.84. The van der Waals surface area contributed by atoms with Gasteiger partial charge in [0.05, 0.1) is 17.7 Å². The molecule has 0 bridgehead atoms. The Bertz CT molecular complexity index is 654. The Hall–Kier alpha value is -2.05. The SMILES string of the molecule is CCOC1CC(Nc2ccc(C#N)c3ccccc23)C1. The molecule has 102 valence electrons. The molecule has 0 radical (unpaired) electrons. The molecule has 0 saturated heterocycles. The van der Waals surface area contributed by atoms with Crippen molar-refractivity contribution in [3.63, 3.8) is 0 Å². The lowest BCUT2D eigenvalue weighted by molar-refractivity contribution is 0.00302. The van der Waals surface area contributed by atoms with Gasteiger partial charge in [-0.2, -0.15) is 5.26 Å². The van der Waals surface area contributed by atoms with Gasteiger partial charge in [0.2, 0.25) is 0 Å². The third kappa shape index (κ3) is 2.35. The molecule has 2 aromatic carbocycles. The van der Waals surface area contributed by atoms with E-state index >= 15 is 0 Å². The van der Waals surface area contributed by atoms with Gasteiger partial charge in [0.15, 0.2) is 0 Å². The molecule has 0 unspecified atom stereocenters. The second-order valence-corrected chi connectivity index (χ2v) is 5.21. The molecule has 1 fully saturated rings. The summed E-state index contributed by atoms with van der Waals surface area (Å²) in [4.78, 5) is 0. The van der Waals surface area contributed by atoms with Gasteiger partial charge in [0, 0.05) is 29.1 Å². The van der Waals surface area contributed by atoms with Crippen molar-refractivity contribution in [3.8, 4) is 6.07 Å². The zero-order valence-electron chi connectivity index (χ0n) is 11.6. The molecule has 2 aromatic rings. The predicted molar refractivity (Wildman–Crippen MR) is 80.7 cm³/mol. The van der Waals surface area contributed by atoms with Crippen LogP contribution in [0, 0.1) is 11.3 Å². The lowest BCUT2D eigenvalue weighted by Gasteiger charge is -2.36. The van der Waals surface area contributed by atoms with Gasteiger partial charge in [-0.05, 0) is 31.9 Å². The maximum absolute atomic E-state index is 9.17. The van der Waals surface area contributed by atoms with E-state index in [2.05, 4.69) is 17.5 Å². The normalized spacial score (nSPS) is 21.2. The molecule has 1 aliphatic carbocycles. The highest BCUT2D eigenvalue weighted by Crippen LogP contribution is 2.31. The summed E-state index contributed by atoms with van der Waals surface area (Å²) < 4.78 is 5.59. The molecule has 0 heterocycles. The molecule has 0 atom stereocenters. The van der Waals surface area contributed by atoms with Crippen molar-refractivity contribution in [1.82, 2.24) is 0 Å². The van der Waals surface area contributed by atoms with Crippen molar-refractivity contribution in [2.75, 3.05) is 11.9 Å². The topological polar surface area (TPSA) is 45.0 Å². The largest absolute Gasteiger partial charge is 0.382 e. The Morgan fingerprint density at radius 3 is 2.65 bits per heavy atom. The van der Waals surface area contributed by atoms with Crippen molar-refractivity contribution in [3.05, 3.63) is 42.0 Å². The number of rotatable bonds is 4. The zero-order chi connectivity index (χ0) is 13.9. The highest BCUT2D eigenvalue weighted by molar-refractivity contribution is 5.97. The number of hydrogen-bond acceptors (Lipinski definition) is 3. The van der Waals surface area contributed by atoms with Gasteiger partial charge in [-0.15, -0.1) is 0 Å². The third-order valence-corrected chi connectivity index (χ3v) is 3.90. The van der Waals surface area contributed by atoms with E-state index in [1.807, 2.05) is 37.3 Å². The van der Waals surface area contributed by atoms with E-state index < -0.39 is 0 Å². The number of nitrogens with one attached hydrogen (secondary N) is 1. The number of fused-ring (bicyclic) bond motifs is 1. The fourth-order valence-electron chi connectivity index (χ4n) is 2.80. The Balaban J connectivity index is 1.81. The van der Waals surface area contributed by atoms with Crippen LogP contribution in [-0.4, -0.2) is 18.8 Å². The molecule has 0 amide bonds. The van der Waals surface area contributed by atoms with E-state index in [-0.39, 0.29) is 0 Å². The molecule has 0 spiro atoms. The number of benzene rings is 2. The molecule has 1 N–H and O–H groups in total. The molecule has 20 heavy (non-hydrogen) atoms. The Kier molecular flexibility index (Phi) is 3.58. The van der Waals surface area contributed by atoms with Crippen LogP contribution >= 0.6 is 0 Å². The van der Waals surface area contributed by atoms with Crippen LogP contribution in [0.3, 0.4) is 0 Å². The number of ether oxygens (including phenoxy) is 1. The lowest BCUT2D eigenvalue weighted by Crippen LogP contribution is -2.40. The monoisotopic (exact) mass is 266 g/mol. The molecular formula is C17H18N2O. The molecule has 0 aliphatic heterocycles. The van der Waals surface area contributed by atoms with Crippen molar-refractivity contribution < 1.29 is 4.74 Å². The summed E-state index contributed by atoms with van der Waals surface area (Å²) in [6.07, 6.45) is 2.52. The number of nitriles is 1. The number of nitrogens with zero attached hydrogens (tertiary/aromatic N) is 1. The molecule has 0 aromatic heterocycles. The minimum Gasteiger partial charge on any atom is -0.382 e. The van der Waals surface area contributed by atoms with Crippen molar-refractivity contribution in [1.29, 1.82) is 5.26 Å². The van der Waals surface area contributed by atoms with Gasteiger partial charge in [-0.25, -0.2) is 0 Å². The number of hydrogen-bond donors (Lipinski definition) is 1. The second kappa shape index (κ2) is 5.52. The Morgan fingerprint density at radius 1 is 1.20 bits per heavy atom. The maximum atomic E-state index is 9.17. The van der Waals surface area contributed by atoms with E-state index in [0.29, 0.717) is 12.1 Å². The fraction of sp³-hybridized carbons (Fsp3) is 0.353. The smallest absolute Gasteiger partial charge is 0.0998 e. The summed E-state index contributed by atoms with van der Waals surface area (Å²) in [5, 5.41) is 14.9. The van der Waals surface area contributed by atoms with Gasteiger partial charge < -0.3 is 10.1 Å².